The molecule has 208 valence electrons. The zero-order chi connectivity index (χ0) is 27.8. The monoisotopic (exact) mass is 541 g/mol. The zero-order valence-electron chi connectivity index (χ0n) is 23.1. The molecule has 0 aromatic carbocycles. The molecule has 0 saturated heterocycles. The predicted octanol–water partition coefficient (Wildman–Crippen LogP) is 5.87. The number of carbonyl (C=O) groups is 1. The van der Waals surface area contributed by atoms with Crippen LogP contribution in [0.15, 0.2) is 18.5 Å². The number of halogens is 2. The summed E-state index contributed by atoms with van der Waals surface area (Å²) < 4.78 is 50.4. The number of nitrogens with one attached hydrogen (secondary N) is 2. The van der Waals surface area contributed by atoms with Crippen LogP contribution in [0.25, 0.3) is 5.65 Å². The number of aromatic nitrogens is 3. The summed E-state index contributed by atoms with van der Waals surface area (Å²) in [4.78, 5) is 17.4. The van der Waals surface area contributed by atoms with Crippen molar-refractivity contribution in [1.82, 2.24) is 24.6 Å². The molecule has 0 aliphatic heterocycles. The lowest BCUT2D eigenvalue weighted by atomic mass is 9.81. The minimum atomic E-state index is -2.69. The SMILES string of the molecule is CC(C)[C@H](N[S@@](=O)C(C)(C)C)c1cnn2cc([C@@H](NC(=O)OC(C)(C)C)C3CCC(F)(F)CC3)nc2c1. The predicted molar refractivity (Wildman–Crippen MR) is 141 cm³/mol. The Morgan fingerprint density at radius 2 is 1.81 bits per heavy atom. The second-order valence-corrected chi connectivity index (χ2v) is 14.3. The Balaban J connectivity index is 1.93. The first-order valence-corrected chi connectivity index (χ1v) is 14.0. The molecule has 8 nitrogen and oxygen atoms in total. The fourth-order valence-corrected chi connectivity index (χ4v) is 5.37. The summed E-state index contributed by atoms with van der Waals surface area (Å²) in [5, 5.41) is 7.40. The first-order chi connectivity index (χ1) is 16.9. The van der Waals surface area contributed by atoms with Crippen molar-refractivity contribution in [1.29, 1.82) is 0 Å². The Hall–Kier alpha value is -2.14. The Labute approximate surface area is 220 Å². The average molecular weight is 542 g/mol. The van der Waals surface area contributed by atoms with E-state index in [9.17, 15) is 17.8 Å². The van der Waals surface area contributed by atoms with Crippen LogP contribution < -0.4 is 10.0 Å². The molecule has 0 bridgehead atoms. The Bertz CT molecular complexity index is 1110. The molecule has 0 radical (unpaired) electrons. The second kappa shape index (κ2) is 10.9. The number of imidazole rings is 1. The van der Waals surface area contributed by atoms with Crippen LogP contribution >= 0.6 is 0 Å². The van der Waals surface area contributed by atoms with Crippen LogP contribution in [-0.4, -0.2) is 41.2 Å². The number of alkyl carbamates (subject to hydrolysis) is 1. The largest absolute Gasteiger partial charge is 0.444 e. The first-order valence-electron chi connectivity index (χ1n) is 12.9. The Morgan fingerprint density at radius 3 is 2.35 bits per heavy atom. The second-order valence-electron chi connectivity index (χ2n) is 12.3. The normalized spacial score (nSPS) is 19.5. The highest BCUT2D eigenvalue weighted by Crippen LogP contribution is 2.41. The van der Waals surface area contributed by atoms with E-state index in [0.29, 0.717) is 11.3 Å². The molecule has 2 aromatic heterocycles. The summed E-state index contributed by atoms with van der Waals surface area (Å²) in [6.45, 7) is 15.1. The lowest BCUT2D eigenvalue weighted by molar-refractivity contribution is -0.0500. The molecule has 1 fully saturated rings. The van der Waals surface area contributed by atoms with Crippen LogP contribution in [0.3, 0.4) is 0 Å². The number of amides is 1. The van der Waals surface area contributed by atoms with Crippen molar-refractivity contribution in [2.45, 2.75) is 109 Å². The maximum absolute atomic E-state index is 13.9. The van der Waals surface area contributed by atoms with E-state index in [-0.39, 0.29) is 43.6 Å². The highest BCUT2D eigenvalue weighted by atomic mass is 32.2. The van der Waals surface area contributed by atoms with Crippen molar-refractivity contribution in [3.05, 3.63) is 29.7 Å². The lowest BCUT2D eigenvalue weighted by Gasteiger charge is -2.33. The van der Waals surface area contributed by atoms with Crippen LogP contribution in [0.2, 0.25) is 0 Å². The molecule has 2 N–H and O–H groups in total. The van der Waals surface area contributed by atoms with Gasteiger partial charge in [-0.25, -0.2) is 32.0 Å². The molecule has 0 spiro atoms. The van der Waals surface area contributed by atoms with E-state index in [0.717, 1.165) is 5.56 Å². The van der Waals surface area contributed by atoms with Crippen molar-refractivity contribution in [3.63, 3.8) is 0 Å². The van der Waals surface area contributed by atoms with E-state index in [1.165, 1.54) is 0 Å². The number of nitrogens with zero attached hydrogens (tertiary/aromatic N) is 3. The van der Waals surface area contributed by atoms with Crippen molar-refractivity contribution in [2.75, 3.05) is 0 Å². The van der Waals surface area contributed by atoms with Crippen molar-refractivity contribution in [2.24, 2.45) is 11.8 Å². The molecular weight excluding hydrogens is 500 g/mol. The molecule has 1 saturated carbocycles. The highest BCUT2D eigenvalue weighted by molar-refractivity contribution is 7.84. The standard InChI is InChI=1S/C26H41F2N5O3S/c1-16(2)21(32-37(35)25(6,7)8)18-13-20-30-19(15-33(20)29-14-18)22(31-23(34)36-24(3,4)5)17-9-11-26(27,28)12-10-17/h13-17,21-22,32H,9-12H2,1-8H3,(H,31,34)/t21-,22-,37-/m0/s1. The molecule has 11 heteroatoms. The number of carbonyl (C=O) groups excluding carboxylic acids is 1. The third-order valence-corrected chi connectivity index (χ3v) is 7.98. The lowest BCUT2D eigenvalue weighted by Crippen LogP contribution is -2.40. The molecule has 1 aliphatic carbocycles. The van der Waals surface area contributed by atoms with E-state index in [4.69, 9.17) is 9.72 Å². The van der Waals surface area contributed by atoms with Gasteiger partial charge in [0, 0.05) is 18.9 Å². The van der Waals surface area contributed by atoms with Gasteiger partial charge >= 0.3 is 6.09 Å². The van der Waals surface area contributed by atoms with Gasteiger partial charge in [-0.1, -0.05) is 13.8 Å². The van der Waals surface area contributed by atoms with Crippen molar-refractivity contribution in [3.8, 4) is 0 Å². The number of fused-ring (bicyclic) bond motifs is 1. The average Bonchev–Trinajstić information content (AvgIpc) is 3.16. The van der Waals surface area contributed by atoms with Gasteiger partial charge < -0.3 is 10.1 Å². The van der Waals surface area contributed by atoms with Gasteiger partial charge in [-0.3, -0.25) is 0 Å². The minimum Gasteiger partial charge on any atom is -0.444 e. The number of hydrogen-bond acceptors (Lipinski definition) is 5. The van der Waals surface area contributed by atoms with Crippen LogP contribution in [0.1, 0.15) is 104 Å². The molecular formula is C26H41F2N5O3S. The summed E-state index contributed by atoms with van der Waals surface area (Å²) in [6.07, 6.45) is 2.89. The molecule has 0 unspecified atom stereocenters. The van der Waals surface area contributed by atoms with Crippen molar-refractivity contribution >= 4 is 22.7 Å². The van der Waals surface area contributed by atoms with Gasteiger partial charge in [-0.05, 0) is 77.8 Å². The fraction of sp³-hybridized carbons (Fsp3) is 0.731. The molecule has 37 heavy (non-hydrogen) atoms. The first kappa shape index (κ1) is 29.4. The van der Waals surface area contributed by atoms with Gasteiger partial charge in [0.1, 0.15) is 5.60 Å². The Morgan fingerprint density at radius 1 is 1.19 bits per heavy atom. The maximum atomic E-state index is 13.9. The molecule has 3 atom stereocenters. The van der Waals surface area contributed by atoms with Gasteiger partial charge in [0.2, 0.25) is 5.92 Å². The van der Waals surface area contributed by atoms with E-state index in [1.807, 2.05) is 40.7 Å². The molecule has 1 amide bonds. The van der Waals surface area contributed by atoms with Gasteiger partial charge in [0.05, 0.1) is 39.9 Å². The van der Waals surface area contributed by atoms with Crippen molar-refractivity contribution < 1.29 is 22.5 Å². The van der Waals surface area contributed by atoms with Gasteiger partial charge in [0.25, 0.3) is 0 Å². The zero-order valence-corrected chi connectivity index (χ0v) is 23.9. The van der Waals surface area contributed by atoms with Gasteiger partial charge in [-0.15, -0.1) is 0 Å². The van der Waals surface area contributed by atoms with Crippen LogP contribution in [0.5, 0.6) is 0 Å². The van der Waals surface area contributed by atoms with E-state index < -0.39 is 39.4 Å². The van der Waals surface area contributed by atoms with E-state index in [1.54, 1.807) is 37.7 Å². The summed E-state index contributed by atoms with van der Waals surface area (Å²) >= 11 is 0. The maximum Gasteiger partial charge on any atom is 0.408 e. The number of hydrogen-bond donors (Lipinski definition) is 2. The number of rotatable bonds is 7. The van der Waals surface area contributed by atoms with Gasteiger partial charge in [-0.2, -0.15) is 5.10 Å². The minimum absolute atomic E-state index is 0.135. The van der Waals surface area contributed by atoms with E-state index >= 15 is 0 Å². The van der Waals surface area contributed by atoms with Gasteiger partial charge in [0.15, 0.2) is 5.65 Å². The topological polar surface area (TPSA) is 97.6 Å². The molecule has 2 aromatic rings. The smallest absolute Gasteiger partial charge is 0.408 e. The third-order valence-electron chi connectivity index (χ3n) is 6.40. The van der Waals surface area contributed by atoms with Crippen LogP contribution in [-0.2, 0) is 15.7 Å². The number of ether oxygens (including phenoxy) is 1. The summed E-state index contributed by atoms with van der Waals surface area (Å²) in [5.74, 6) is -2.76. The Kier molecular flexibility index (Phi) is 8.68. The quantitative estimate of drug-likeness (QED) is 0.457. The van der Waals surface area contributed by atoms with Crippen LogP contribution in [0.4, 0.5) is 13.6 Å². The third kappa shape index (κ3) is 7.92. The van der Waals surface area contributed by atoms with Crippen LogP contribution in [0, 0.1) is 11.8 Å². The summed E-state index contributed by atoms with van der Waals surface area (Å²) in [7, 11) is -1.28. The summed E-state index contributed by atoms with van der Waals surface area (Å²) in [5.41, 5.74) is 1.23. The highest BCUT2D eigenvalue weighted by Gasteiger charge is 2.40. The fourth-order valence-electron chi connectivity index (χ4n) is 4.37. The molecule has 2 heterocycles. The molecule has 1 aliphatic rings. The van der Waals surface area contributed by atoms with E-state index in [2.05, 4.69) is 15.1 Å². The summed E-state index contributed by atoms with van der Waals surface area (Å²) in [6, 6.07) is 1.07. The molecule has 3 rings (SSSR count). The number of alkyl halides is 2.